The van der Waals surface area contributed by atoms with Gasteiger partial charge in [-0.25, -0.2) is 4.79 Å². The van der Waals surface area contributed by atoms with E-state index in [2.05, 4.69) is 5.32 Å². The highest BCUT2D eigenvalue weighted by Crippen LogP contribution is 2.46. The normalized spacial score (nSPS) is 23.8. The summed E-state index contributed by atoms with van der Waals surface area (Å²) >= 11 is 0. The number of carbonyl (C=O) groups excluding carboxylic acids is 2. The minimum Gasteiger partial charge on any atom is -0.466 e. The number of carbonyl (C=O) groups is 2. The Bertz CT molecular complexity index is 488. The smallest absolute Gasteiger partial charge is 0.407 e. The minimum atomic E-state index is -0.609. The van der Waals surface area contributed by atoms with Gasteiger partial charge in [0.1, 0.15) is 6.61 Å². The number of alkyl carbamates (subject to hydrolysis) is 1. The van der Waals surface area contributed by atoms with E-state index in [4.69, 9.17) is 9.47 Å². The first kappa shape index (κ1) is 14.4. The van der Waals surface area contributed by atoms with Gasteiger partial charge in [0.15, 0.2) is 0 Å². The van der Waals surface area contributed by atoms with Crippen LogP contribution in [0.15, 0.2) is 30.3 Å². The highest BCUT2D eigenvalue weighted by atomic mass is 16.5. The van der Waals surface area contributed by atoms with E-state index in [0.717, 1.165) is 5.56 Å². The van der Waals surface area contributed by atoms with E-state index in [0.29, 0.717) is 13.0 Å². The molecule has 5 nitrogen and oxygen atoms in total. The van der Waals surface area contributed by atoms with Crippen LogP contribution in [0.4, 0.5) is 4.79 Å². The van der Waals surface area contributed by atoms with Crippen molar-refractivity contribution in [3.05, 3.63) is 35.9 Å². The molecule has 1 fully saturated rings. The lowest BCUT2D eigenvalue weighted by Gasteiger charge is -2.11. The Hall–Kier alpha value is -2.04. The fourth-order valence-corrected chi connectivity index (χ4v) is 2.00. The van der Waals surface area contributed by atoms with Crippen LogP contribution in [0, 0.1) is 5.41 Å². The molecule has 0 saturated heterocycles. The third kappa shape index (κ3) is 3.29. The molecule has 1 amide bonds. The van der Waals surface area contributed by atoms with Gasteiger partial charge in [-0.15, -0.1) is 0 Å². The number of nitrogens with one attached hydrogen (secondary N) is 1. The second-order valence-electron chi connectivity index (χ2n) is 5.10. The number of hydrogen-bond acceptors (Lipinski definition) is 4. The fraction of sp³-hybridized carbons (Fsp3) is 0.467. The molecule has 2 rings (SSSR count). The lowest BCUT2D eigenvalue weighted by atomic mass is 10.1. The molecule has 0 heterocycles. The van der Waals surface area contributed by atoms with Gasteiger partial charge < -0.3 is 14.8 Å². The summed E-state index contributed by atoms with van der Waals surface area (Å²) in [6.07, 6.45) is 0.0820. The van der Waals surface area contributed by atoms with E-state index in [1.165, 1.54) is 0 Å². The molecular weight excluding hydrogens is 258 g/mol. The van der Waals surface area contributed by atoms with Crippen LogP contribution >= 0.6 is 0 Å². The summed E-state index contributed by atoms with van der Waals surface area (Å²) in [6, 6.07) is 9.23. The molecule has 1 aromatic carbocycles. The zero-order chi connectivity index (χ0) is 14.6. The lowest BCUT2D eigenvalue weighted by molar-refractivity contribution is -0.149. The standard InChI is InChI=1S/C15H19NO4/c1-3-19-13(17)15(2)9-12(15)16-14(18)20-10-11-7-5-4-6-8-11/h4-8,12H,3,9-10H2,1-2H3,(H,16,18). The van der Waals surface area contributed by atoms with Crippen molar-refractivity contribution >= 4 is 12.1 Å². The summed E-state index contributed by atoms with van der Waals surface area (Å²) in [5.41, 5.74) is 0.313. The molecule has 1 aliphatic rings. The van der Waals surface area contributed by atoms with Crippen molar-refractivity contribution in [1.82, 2.24) is 5.32 Å². The van der Waals surface area contributed by atoms with E-state index in [-0.39, 0.29) is 18.6 Å². The largest absolute Gasteiger partial charge is 0.466 e. The van der Waals surface area contributed by atoms with Gasteiger partial charge in [-0.05, 0) is 25.8 Å². The molecule has 1 saturated carbocycles. The molecule has 0 spiro atoms. The molecule has 1 aliphatic carbocycles. The number of ether oxygens (including phenoxy) is 2. The van der Waals surface area contributed by atoms with Crippen LogP contribution in [0.2, 0.25) is 0 Å². The maximum absolute atomic E-state index is 11.7. The average Bonchev–Trinajstić information content (AvgIpc) is 3.10. The summed E-state index contributed by atoms with van der Waals surface area (Å²) in [4.78, 5) is 23.3. The monoisotopic (exact) mass is 277 g/mol. The molecule has 1 N–H and O–H groups in total. The van der Waals surface area contributed by atoms with Crippen molar-refractivity contribution in [2.24, 2.45) is 5.41 Å². The molecule has 2 atom stereocenters. The molecule has 0 aliphatic heterocycles. The third-order valence-corrected chi connectivity index (χ3v) is 3.48. The Balaban J connectivity index is 1.75. The number of amides is 1. The zero-order valence-electron chi connectivity index (χ0n) is 11.7. The van der Waals surface area contributed by atoms with Crippen LogP contribution in [-0.4, -0.2) is 24.7 Å². The van der Waals surface area contributed by atoms with Crippen LogP contribution in [0.3, 0.4) is 0 Å². The Morgan fingerprint density at radius 2 is 2.00 bits per heavy atom. The molecule has 1 aromatic rings. The first-order valence-electron chi connectivity index (χ1n) is 6.70. The number of hydrogen-bond donors (Lipinski definition) is 1. The van der Waals surface area contributed by atoms with Gasteiger partial charge in [-0.3, -0.25) is 4.79 Å². The maximum Gasteiger partial charge on any atom is 0.407 e. The van der Waals surface area contributed by atoms with Crippen molar-refractivity contribution < 1.29 is 19.1 Å². The molecule has 5 heteroatoms. The van der Waals surface area contributed by atoms with Crippen molar-refractivity contribution in [3.8, 4) is 0 Å². The van der Waals surface area contributed by atoms with Gasteiger partial charge in [-0.2, -0.15) is 0 Å². The summed E-state index contributed by atoms with van der Waals surface area (Å²) < 4.78 is 10.1. The van der Waals surface area contributed by atoms with Crippen LogP contribution < -0.4 is 5.32 Å². The molecule has 0 bridgehead atoms. The topological polar surface area (TPSA) is 64.6 Å². The van der Waals surface area contributed by atoms with E-state index in [1.54, 1.807) is 13.8 Å². The average molecular weight is 277 g/mol. The molecule has 20 heavy (non-hydrogen) atoms. The van der Waals surface area contributed by atoms with Gasteiger partial charge in [0, 0.05) is 6.04 Å². The molecular formula is C15H19NO4. The first-order chi connectivity index (χ1) is 9.56. The third-order valence-electron chi connectivity index (χ3n) is 3.48. The van der Waals surface area contributed by atoms with Gasteiger partial charge >= 0.3 is 12.1 Å². The second kappa shape index (κ2) is 5.94. The highest BCUT2D eigenvalue weighted by molar-refractivity contribution is 5.82. The maximum atomic E-state index is 11.7. The predicted octanol–water partition coefficient (Wildman–Crippen LogP) is 2.25. The Morgan fingerprint density at radius 3 is 2.65 bits per heavy atom. The van der Waals surface area contributed by atoms with Crippen molar-refractivity contribution in [3.63, 3.8) is 0 Å². The summed E-state index contributed by atoms with van der Waals surface area (Å²) in [5, 5.41) is 2.69. The zero-order valence-corrected chi connectivity index (χ0v) is 11.7. The van der Waals surface area contributed by atoms with E-state index in [1.807, 2.05) is 30.3 Å². The molecule has 0 aromatic heterocycles. The Morgan fingerprint density at radius 1 is 1.30 bits per heavy atom. The van der Waals surface area contributed by atoms with E-state index >= 15 is 0 Å². The van der Waals surface area contributed by atoms with Crippen LogP contribution in [0.25, 0.3) is 0 Å². The quantitative estimate of drug-likeness (QED) is 0.838. The number of rotatable bonds is 5. The summed E-state index contributed by atoms with van der Waals surface area (Å²) in [6.45, 7) is 4.11. The molecule has 0 radical (unpaired) electrons. The van der Waals surface area contributed by atoms with Crippen molar-refractivity contribution in [2.45, 2.75) is 32.9 Å². The second-order valence-corrected chi connectivity index (χ2v) is 5.10. The Kier molecular flexibility index (Phi) is 4.27. The lowest BCUT2D eigenvalue weighted by Crippen LogP contribution is -2.32. The predicted molar refractivity (Wildman–Crippen MR) is 72.9 cm³/mol. The van der Waals surface area contributed by atoms with Crippen LogP contribution in [0.1, 0.15) is 25.8 Å². The van der Waals surface area contributed by atoms with Gasteiger partial charge in [0.2, 0.25) is 0 Å². The number of esters is 1. The summed E-state index contributed by atoms with van der Waals surface area (Å²) in [5.74, 6) is -0.270. The van der Waals surface area contributed by atoms with Gasteiger partial charge in [0.25, 0.3) is 0 Å². The van der Waals surface area contributed by atoms with E-state index < -0.39 is 11.5 Å². The number of benzene rings is 1. The van der Waals surface area contributed by atoms with E-state index in [9.17, 15) is 9.59 Å². The minimum absolute atomic E-state index is 0.204. The first-order valence-corrected chi connectivity index (χ1v) is 6.70. The highest BCUT2D eigenvalue weighted by Gasteiger charge is 2.58. The van der Waals surface area contributed by atoms with Gasteiger partial charge in [-0.1, -0.05) is 30.3 Å². The molecule has 108 valence electrons. The summed E-state index contributed by atoms with van der Waals surface area (Å²) in [7, 11) is 0. The SMILES string of the molecule is CCOC(=O)C1(C)CC1NC(=O)OCc1ccccc1. The van der Waals surface area contributed by atoms with Crippen LogP contribution in [0.5, 0.6) is 0 Å². The van der Waals surface area contributed by atoms with Crippen LogP contribution in [-0.2, 0) is 20.9 Å². The van der Waals surface area contributed by atoms with Gasteiger partial charge in [0.05, 0.1) is 12.0 Å². The van der Waals surface area contributed by atoms with Crippen molar-refractivity contribution in [2.75, 3.05) is 6.61 Å². The van der Waals surface area contributed by atoms with Crippen molar-refractivity contribution in [1.29, 1.82) is 0 Å². The molecule has 2 unspecified atom stereocenters. The fourth-order valence-electron chi connectivity index (χ4n) is 2.00. The Labute approximate surface area is 118 Å².